The third-order valence-electron chi connectivity index (χ3n) is 4.12. The first-order valence-corrected chi connectivity index (χ1v) is 8.61. The molecule has 0 saturated heterocycles. The standard InChI is InChI=1S/C22H22FNO2/c23-20-12-10-17(11-13-20)16-26-22-9-5-4-8-19(22)14-24-15-21(25)18-6-2-1-3-7-18/h1-13,21,24-25H,14-16H2/t21-/m1/s1. The van der Waals surface area contributed by atoms with Gasteiger partial charge in [0.25, 0.3) is 0 Å². The molecule has 134 valence electrons. The Morgan fingerprint density at radius 1 is 0.885 bits per heavy atom. The minimum Gasteiger partial charge on any atom is -0.489 e. The van der Waals surface area contributed by atoms with Crippen molar-refractivity contribution in [3.05, 3.63) is 101 Å². The van der Waals surface area contributed by atoms with Gasteiger partial charge in [0.05, 0.1) is 6.10 Å². The quantitative estimate of drug-likeness (QED) is 0.638. The van der Waals surface area contributed by atoms with Crippen molar-refractivity contribution in [2.75, 3.05) is 6.54 Å². The van der Waals surface area contributed by atoms with E-state index < -0.39 is 6.10 Å². The van der Waals surface area contributed by atoms with Crippen LogP contribution in [0.15, 0.2) is 78.9 Å². The number of para-hydroxylation sites is 1. The van der Waals surface area contributed by atoms with E-state index in [9.17, 15) is 9.50 Å². The Morgan fingerprint density at radius 2 is 1.58 bits per heavy atom. The summed E-state index contributed by atoms with van der Waals surface area (Å²) in [4.78, 5) is 0. The number of benzene rings is 3. The summed E-state index contributed by atoms with van der Waals surface area (Å²) >= 11 is 0. The maximum absolute atomic E-state index is 13.0. The minimum atomic E-state index is -0.552. The molecule has 3 nitrogen and oxygen atoms in total. The van der Waals surface area contributed by atoms with Crippen LogP contribution < -0.4 is 10.1 Å². The van der Waals surface area contributed by atoms with Gasteiger partial charge >= 0.3 is 0 Å². The molecule has 26 heavy (non-hydrogen) atoms. The lowest BCUT2D eigenvalue weighted by Gasteiger charge is -2.15. The highest BCUT2D eigenvalue weighted by atomic mass is 19.1. The fraction of sp³-hybridized carbons (Fsp3) is 0.182. The highest BCUT2D eigenvalue weighted by Gasteiger charge is 2.08. The molecule has 3 rings (SSSR count). The number of rotatable bonds is 8. The van der Waals surface area contributed by atoms with Gasteiger partial charge < -0.3 is 15.2 Å². The topological polar surface area (TPSA) is 41.5 Å². The minimum absolute atomic E-state index is 0.254. The first-order valence-electron chi connectivity index (χ1n) is 8.61. The van der Waals surface area contributed by atoms with Gasteiger partial charge in [0.1, 0.15) is 18.2 Å². The Hall–Kier alpha value is -2.69. The molecule has 0 aromatic heterocycles. The normalized spacial score (nSPS) is 11.9. The molecule has 0 saturated carbocycles. The van der Waals surface area contributed by atoms with Gasteiger partial charge in [-0.15, -0.1) is 0 Å². The number of hydrogen-bond acceptors (Lipinski definition) is 3. The molecule has 0 bridgehead atoms. The molecule has 0 heterocycles. The molecule has 0 aliphatic carbocycles. The van der Waals surface area contributed by atoms with Crippen molar-refractivity contribution >= 4 is 0 Å². The van der Waals surface area contributed by atoms with Crippen molar-refractivity contribution in [2.45, 2.75) is 19.3 Å². The van der Waals surface area contributed by atoms with Crippen LogP contribution in [0.1, 0.15) is 22.8 Å². The molecule has 3 aromatic rings. The molecular weight excluding hydrogens is 329 g/mol. The Bertz CT molecular complexity index is 806. The third-order valence-corrected chi connectivity index (χ3v) is 4.12. The number of ether oxygens (including phenoxy) is 1. The molecule has 0 amide bonds. The first-order chi connectivity index (χ1) is 12.7. The van der Waals surface area contributed by atoms with Crippen molar-refractivity contribution in [1.82, 2.24) is 5.32 Å². The van der Waals surface area contributed by atoms with Crippen LogP contribution in [0.5, 0.6) is 5.75 Å². The predicted molar refractivity (Wildman–Crippen MR) is 100 cm³/mol. The Balaban J connectivity index is 1.54. The zero-order valence-electron chi connectivity index (χ0n) is 14.4. The molecule has 0 aliphatic heterocycles. The van der Waals surface area contributed by atoms with E-state index in [1.165, 1.54) is 12.1 Å². The number of aliphatic hydroxyl groups excluding tert-OH is 1. The third kappa shape index (κ3) is 5.15. The van der Waals surface area contributed by atoms with E-state index in [-0.39, 0.29) is 5.82 Å². The second-order valence-electron chi connectivity index (χ2n) is 6.08. The summed E-state index contributed by atoms with van der Waals surface area (Å²) in [5.74, 6) is 0.522. The van der Waals surface area contributed by atoms with Gasteiger partial charge in [0, 0.05) is 18.7 Å². The number of aliphatic hydroxyl groups is 1. The van der Waals surface area contributed by atoms with Gasteiger partial charge in [0.2, 0.25) is 0 Å². The van der Waals surface area contributed by atoms with Gasteiger partial charge in [-0.3, -0.25) is 0 Å². The summed E-state index contributed by atoms with van der Waals surface area (Å²) in [7, 11) is 0. The lowest BCUT2D eigenvalue weighted by Crippen LogP contribution is -2.21. The highest BCUT2D eigenvalue weighted by Crippen LogP contribution is 2.20. The molecule has 0 aliphatic rings. The SMILES string of the molecule is O[C@H](CNCc1ccccc1OCc1ccc(F)cc1)c1ccccc1. The van der Waals surface area contributed by atoms with Crippen LogP contribution in [0.4, 0.5) is 4.39 Å². The van der Waals surface area contributed by atoms with Gasteiger partial charge in [-0.2, -0.15) is 0 Å². The smallest absolute Gasteiger partial charge is 0.124 e. The lowest BCUT2D eigenvalue weighted by atomic mass is 10.1. The molecule has 0 radical (unpaired) electrons. The molecule has 0 spiro atoms. The number of halogens is 1. The summed E-state index contributed by atoms with van der Waals surface area (Å²) in [6, 6.07) is 23.6. The number of hydrogen-bond donors (Lipinski definition) is 2. The largest absolute Gasteiger partial charge is 0.489 e. The van der Waals surface area contributed by atoms with Gasteiger partial charge in [-0.05, 0) is 29.3 Å². The Labute approximate surface area is 153 Å². The summed E-state index contributed by atoms with van der Waals surface area (Å²) in [5.41, 5.74) is 2.81. The fourth-order valence-corrected chi connectivity index (χ4v) is 2.67. The molecular formula is C22H22FNO2. The molecule has 4 heteroatoms. The monoisotopic (exact) mass is 351 g/mol. The van der Waals surface area contributed by atoms with E-state index >= 15 is 0 Å². The van der Waals surface area contributed by atoms with Crippen LogP contribution in [-0.2, 0) is 13.2 Å². The lowest BCUT2D eigenvalue weighted by molar-refractivity contribution is 0.174. The fourth-order valence-electron chi connectivity index (χ4n) is 2.67. The summed E-state index contributed by atoms with van der Waals surface area (Å²) in [6.07, 6.45) is -0.552. The van der Waals surface area contributed by atoms with Crippen molar-refractivity contribution in [3.8, 4) is 5.75 Å². The van der Waals surface area contributed by atoms with Crippen LogP contribution in [0.25, 0.3) is 0 Å². The van der Waals surface area contributed by atoms with Crippen molar-refractivity contribution in [1.29, 1.82) is 0 Å². The second-order valence-corrected chi connectivity index (χ2v) is 6.08. The van der Waals surface area contributed by atoms with Crippen LogP contribution in [-0.4, -0.2) is 11.7 Å². The zero-order valence-corrected chi connectivity index (χ0v) is 14.4. The second kappa shape index (κ2) is 9.13. The predicted octanol–water partition coefficient (Wildman–Crippen LogP) is 4.23. The molecule has 3 aromatic carbocycles. The van der Waals surface area contributed by atoms with Crippen LogP contribution >= 0.6 is 0 Å². The van der Waals surface area contributed by atoms with Crippen LogP contribution in [0, 0.1) is 5.82 Å². The van der Waals surface area contributed by atoms with Gasteiger partial charge in [-0.1, -0.05) is 60.7 Å². The average molecular weight is 351 g/mol. The van der Waals surface area contributed by atoms with Crippen molar-refractivity contribution < 1.29 is 14.2 Å². The molecule has 1 atom stereocenters. The van der Waals surface area contributed by atoms with E-state index in [0.29, 0.717) is 19.7 Å². The van der Waals surface area contributed by atoms with E-state index in [0.717, 1.165) is 22.4 Å². The van der Waals surface area contributed by atoms with Crippen LogP contribution in [0.2, 0.25) is 0 Å². The van der Waals surface area contributed by atoms with E-state index in [1.54, 1.807) is 12.1 Å². The highest BCUT2D eigenvalue weighted by molar-refractivity contribution is 5.33. The Morgan fingerprint density at radius 3 is 2.35 bits per heavy atom. The summed E-state index contributed by atoms with van der Waals surface area (Å²) in [5, 5.41) is 13.5. The van der Waals surface area contributed by atoms with Crippen molar-refractivity contribution in [3.63, 3.8) is 0 Å². The summed E-state index contributed by atoms with van der Waals surface area (Å²) in [6.45, 7) is 1.42. The zero-order chi connectivity index (χ0) is 18.2. The van der Waals surface area contributed by atoms with Crippen molar-refractivity contribution in [2.24, 2.45) is 0 Å². The van der Waals surface area contributed by atoms with E-state index in [4.69, 9.17) is 4.74 Å². The maximum atomic E-state index is 13.0. The maximum Gasteiger partial charge on any atom is 0.124 e. The number of nitrogens with one attached hydrogen (secondary N) is 1. The first kappa shape index (κ1) is 18.1. The summed E-state index contributed by atoms with van der Waals surface area (Å²) < 4.78 is 18.9. The molecule has 0 unspecified atom stereocenters. The van der Waals surface area contributed by atoms with E-state index in [2.05, 4.69) is 5.32 Å². The molecule has 0 fully saturated rings. The van der Waals surface area contributed by atoms with E-state index in [1.807, 2.05) is 54.6 Å². The van der Waals surface area contributed by atoms with Gasteiger partial charge in [-0.25, -0.2) is 4.39 Å². The Kier molecular flexibility index (Phi) is 6.36. The molecule has 2 N–H and O–H groups in total. The van der Waals surface area contributed by atoms with Gasteiger partial charge in [0.15, 0.2) is 0 Å². The van der Waals surface area contributed by atoms with Crippen LogP contribution in [0.3, 0.4) is 0 Å². The average Bonchev–Trinajstić information content (AvgIpc) is 2.69.